The Morgan fingerprint density at radius 3 is 2.85 bits per heavy atom. The van der Waals surface area contributed by atoms with Crippen LogP contribution in [0.25, 0.3) is 0 Å². The summed E-state index contributed by atoms with van der Waals surface area (Å²) >= 11 is 0. The molecule has 27 heavy (non-hydrogen) atoms. The molecule has 0 fully saturated rings. The lowest BCUT2D eigenvalue weighted by Gasteiger charge is -2.22. The van der Waals surface area contributed by atoms with Gasteiger partial charge in [0.1, 0.15) is 0 Å². The number of urea groups is 1. The molecule has 1 N–H and O–H groups in total. The van der Waals surface area contributed by atoms with Crippen LogP contribution < -0.4 is 5.32 Å². The van der Waals surface area contributed by atoms with E-state index in [1.807, 2.05) is 31.3 Å². The first-order chi connectivity index (χ1) is 13.1. The van der Waals surface area contributed by atoms with Crippen molar-refractivity contribution in [1.29, 1.82) is 0 Å². The Hall–Kier alpha value is -2.35. The minimum absolute atomic E-state index is 0.0157. The Morgan fingerprint density at radius 2 is 2.00 bits per heavy atom. The van der Waals surface area contributed by atoms with Crippen LogP contribution in [0.3, 0.4) is 0 Å². The lowest BCUT2D eigenvalue weighted by molar-refractivity contribution is 0.193. The van der Waals surface area contributed by atoms with E-state index in [1.165, 1.54) is 5.69 Å². The highest BCUT2D eigenvalue weighted by molar-refractivity contribution is 5.74. The molecule has 2 aromatic heterocycles. The van der Waals surface area contributed by atoms with Gasteiger partial charge in [-0.05, 0) is 32.8 Å². The van der Waals surface area contributed by atoms with Crippen LogP contribution in [0.5, 0.6) is 0 Å². The molecule has 0 saturated heterocycles. The topological polar surface area (TPSA) is 71.2 Å². The molecule has 2 aliphatic rings. The molecule has 8 heteroatoms. The number of aromatic nitrogens is 4. The molecule has 0 unspecified atom stereocenters. The maximum Gasteiger partial charge on any atom is 0.317 e. The van der Waals surface area contributed by atoms with Gasteiger partial charge in [0.05, 0.1) is 30.0 Å². The predicted octanol–water partition coefficient (Wildman–Crippen LogP) is 1.81. The minimum Gasteiger partial charge on any atom is -0.336 e. The Kier molecular flexibility index (Phi) is 5.15. The maximum atomic E-state index is 12.4. The molecule has 0 radical (unpaired) electrons. The van der Waals surface area contributed by atoms with E-state index in [0.717, 1.165) is 63.5 Å². The average Bonchev–Trinajstić information content (AvgIpc) is 3.09. The normalized spacial score (nSPS) is 18.0. The number of hydrogen-bond acceptors (Lipinski definition) is 4. The number of nitrogens with zero attached hydrogens (tertiary/aromatic N) is 6. The predicted molar refractivity (Wildman–Crippen MR) is 102 cm³/mol. The van der Waals surface area contributed by atoms with Crippen LogP contribution in [0.15, 0.2) is 18.6 Å². The van der Waals surface area contributed by atoms with Gasteiger partial charge in [-0.25, -0.2) is 9.78 Å². The van der Waals surface area contributed by atoms with Crippen molar-refractivity contribution in [3.63, 3.8) is 0 Å². The lowest BCUT2D eigenvalue weighted by Crippen LogP contribution is -2.42. The third-order valence-electron chi connectivity index (χ3n) is 5.21. The minimum atomic E-state index is 0.0157. The van der Waals surface area contributed by atoms with Crippen molar-refractivity contribution in [3.05, 3.63) is 35.7 Å². The van der Waals surface area contributed by atoms with Crippen molar-refractivity contribution in [2.24, 2.45) is 0 Å². The van der Waals surface area contributed by atoms with Gasteiger partial charge in [0.2, 0.25) is 0 Å². The largest absolute Gasteiger partial charge is 0.336 e. The Bertz CT molecular complexity index is 794. The summed E-state index contributed by atoms with van der Waals surface area (Å²) in [5.74, 6) is 0. The fourth-order valence-corrected chi connectivity index (χ4v) is 3.93. The molecule has 2 aliphatic heterocycles. The average molecular weight is 371 g/mol. The molecule has 0 atom stereocenters. The third kappa shape index (κ3) is 4.16. The monoisotopic (exact) mass is 371 g/mol. The van der Waals surface area contributed by atoms with Gasteiger partial charge in [0.25, 0.3) is 0 Å². The number of aryl methyl sites for hydroxylation is 2. The van der Waals surface area contributed by atoms with Crippen LogP contribution in [0.4, 0.5) is 4.79 Å². The fourth-order valence-electron chi connectivity index (χ4n) is 3.93. The summed E-state index contributed by atoms with van der Waals surface area (Å²) < 4.78 is 4.33. The van der Waals surface area contributed by atoms with Crippen molar-refractivity contribution >= 4 is 6.03 Å². The van der Waals surface area contributed by atoms with E-state index in [9.17, 15) is 4.79 Å². The zero-order valence-corrected chi connectivity index (χ0v) is 16.3. The summed E-state index contributed by atoms with van der Waals surface area (Å²) in [6.07, 6.45) is 5.95. The second-order valence-electron chi connectivity index (χ2n) is 7.87. The molecule has 0 spiro atoms. The summed E-state index contributed by atoms with van der Waals surface area (Å²) in [6, 6.07) is 2.34. The zero-order valence-electron chi connectivity index (χ0n) is 16.3. The number of carbonyl (C=O) groups excluding carboxylic acids is 1. The fraction of sp³-hybridized carbons (Fsp3) is 0.632. The van der Waals surface area contributed by atoms with Gasteiger partial charge < -0.3 is 14.8 Å². The number of hydrogen-bond donors (Lipinski definition) is 1. The van der Waals surface area contributed by atoms with Gasteiger partial charge in [0.15, 0.2) is 0 Å². The van der Waals surface area contributed by atoms with Crippen LogP contribution in [-0.4, -0.2) is 54.3 Å². The number of fused-ring (bicyclic) bond motifs is 2. The first-order valence-corrected chi connectivity index (χ1v) is 9.91. The second kappa shape index (κ2) is 7.72. The van der Waals surface area contributed by atoms with Gasteiger partial charge in [0, 0.05) is 51.5 Å². The van der Waals surface area contributed by atoms with Crippen molar-refractivity contribution < 1.29 is 4.79 Å². The van der Waals surface area contributed by atoms with Gasteiger partial charge in [-0.3, -0.25) is 9.58 Å². The van der Waals surface area contributed by atoms with Crippen LogP contribution in [0.2, 0.25) is 0 Å². The SMILES string of the molecule is CC(C)NC(=O)N1CCCn2nc(CN3CCCn4cncc4C3)cc2C1. The van der Waals surface area contributed by atoms with Gasteiger partial charge in [-0.15, -0.1) is 0 Å². The third-order valence-corrected chi connectivity index (χ3v) is 5.21. The van der Waals surface area contributed by atoms with E-state index < -0.39 is 0 Å². The van der Waals surface area contributed by atoms with Gasteiger partial charge >= 0.3 is 6.03 Å². The second-order valence-corrected chi connectivity index (χ2v) is 7.87. The van der Waals surface area contributed by atoms with E-state index in [2.05, 4.69) is 30.5 Å². The molecule has 2 aromatic rings. The molecule has 4 rings (SSSR count). The molecule has 146 valence electrons. The van der Waals surface area contributed by atoms with Crippen LogP contribution in [-0.2, 0) is 32.7 Å². The van der Waals surface area contributed by atoms with Crippen LogP contribution >= 0.6 is 0 Å². The Balaban J connectivity index is 1.44. The van der Waals surface area contributed by atoms with E-state index >= 15 is 0 Å². The van der Waals surface area contributed by atoms with Crippen molar-refractivity contribution in [3.8, 4) is 0 Å². The Morgan fingerprint density at radius 1 is 1.15 bits per heavy atom. The molecule has 0 aliphatic carbocycles. The molecule has 4 heterocycles. The molecular weight excluding hydrogens is 342 g/mol. The summed E-state index contributed by atoms with van der Waals surface area (Å²) in [6.45, 7) is 10.1. The van der Waals surface area contributed by atoms with Crippen molar-refractivity contribution in [1.82, 2.24) is 34.4 Å². The molecule has 0 bridgehead atoms. The van der Waals surface area contributed by atoms with Gasteiger partial charge in [-0.2, -0.15) is 5.10 Å². The van der Waals surface area contributed by atoms with E-state index in [-0.39, 0.29) is 12.1 Å². The number of rotatable bonds is 3. The van der Waals surface area contributed by atoms with E-state index in [1.54, 1.807) is 0 Å². The Labute approximate surface area is 160 Å². The highest BCUT2D eigenvalue weighted by atomic mass is 16.2. The number of amides is 2. The van der Waals surface area contributed by atoms with E-state index in [0.29, 0.717) is 6.54 Å². The number of carbonyl (C=O) groups is 1. The first kappa shape index (κ1) is 18.0. The van der Waals surface area contributed by atoms with Crippen molar-refractivity contribution in [2.45, 2.75) is 65.5 Å². The lowest BCUT2D eigenvalue weighted by atomic mass is 10.3. The van der Waals surface area contributed by atoms with E-state index in [4.69, 9.17) is 5.10 Å². The quantitative estimate of drug-likeness (QED) is 0.893. The smallest absolute Gasteiger partial charge is 0.317 e. The molecule has 8 nitrogen and oxygen atoms in total. The molecule has 2 amide bonds. The van der Waals surface area contributed by atoms with Crippen LogP contribution in [0, 0.1) is 0 Å². The number of nitrogens with one attached hydrogen (secondary N) is 1. The zero-order chi connectivity index (χ0) is 18.8. The summed E-state index contributed by atoms with van der Waals surface area (Å²) in [5.41, 5.74) is 3.48. The summed E-state index contributed by atoms with van der Waals surface area (Å²) in [7, 11) is 0. The number of imidazole rings is 1. The highest BCUT2D eigenvalue weighted by Crippen LogP contribution is 2.18. The summed E-state index contributed by atoms with van der Waals surface area (Å²) in [4.78, 5) is 21.0. The van der Waals surface area contributed by atoms with Gasteiger partial charge in [-0.1, -0.05) is 0 Å². The standard InChI is InChI=1S/C19H29N7O/c1-15(2)21-19(27)24-6-4-8-26-17(13-24)9-16(22-26)11-23-5-3-7-25-14-20-10-18(25)12-23/h9-10,14-15H,3-8,11-13H2,1-2H3,(H,21,27). The van der Waals surface area contributed by atoms with Crippen LogP contribution in [0.1, 0.15) is 43.8 Å². The molecule has 0 aromatic carbocycles. The highest BCUT2D eigenvalue weighted by Gasteiger charge is 2.22. The first-order valence-electron chi connectivity index (χ1n) is 9.91. The van der Waals surface area contributed by atoms with Crippen molar-refractivity contribution in [2.75, 3.05) is 13.1 Å². The molecule has 0 saturated carbocycles. The molecular formula is C19H29N7O. The maximum absolute atomic E-state index is 12.4. The summed E-state index contributed by atoms with van der Waals surface area (Å²) in [5, 5.41) is 7.83.